The highest BCUT2D eigenvalue weighted by Gasteiger charge is 2.34. The van der Waals surface area contributed by atoms with Gasteiger partial charge in [-0.25, -0.2) is 0 Å². The lowest BCUT2D eigenvalue weighted by molar-refractivity contribution is -0.143. The van der Waals surface area contributed by atoms with Crippen LogP contribution >= 0.6 is 0 Å². The van der Waals surface area contributed by atoms with Gasteiger partial charge in [-0.2, -0.15) is 0 Å². The smallest absolute Gasteiger partial charge is 0.303 e. The van der Waals surface area contributed by atoms with Crippen LogP contribution in [0.1, 0.15) is 25.7 Å². The average Bonchev–Trinajstić information content (AvgIpc) is 2.85. The van der Waals surface area contributed by atoms with Crippen LogP contribution < -0.4 is 0 Å². The van der Waals surface area contributed by atoms with Gasteiger partial charge >= 0.3 is 5.97 Å². The average molecular weight is 216 g/mol. The Bertz CT molecular complexity index is 224. The van der Waals surface area contributed by atoms with Crippen molar-refractivity contribution in [1.82, 2.24) is 0 Å². The summed E-state index contributed by atoms with van der Waals surface area (Å²) in [5.41, 5.74) is 0. The van der Waals surface area contributed by atoms with Crippen molar-refractivity contribution in [3.05, 3.63) is 0 Å². The Kier molecular flexibility index (Phi) is 3.56. The van der Waals surface area contributed by atoms with E-state index in [1.165, 1.54) is 0 Å². The molecule has 2 heterocycles. The SMILES string of the molecule is O=C(O)CC[C@@H]1CC[C@H](C2OCCO2)O1. The van der Waals surface area contributed by atoms with Gasteiger partial charge in [0, 0.05) is 6.42 Å². The first-order chi connectivity index (χ1) is 7.25. The number of hydrogen-bond acceptors (Lipinski definition) is 4. The fraction of sp³-hybridized carbons (Fsp3) is 0.900. The first-order valence-electron chi connectivity index (χ1n) is 5.36. The van der Waals surface area contributed by atoms with E-state index in [-0.39, 0.29) is 24.9 Å². The summed E-state index contributed by atoms with van der Waals surface area (Å²) in [4.78, 5) is 10.4. The van der Waals surface area contributed by atoms with Gasteiger partial charge in [0.1, 0.15) is 6.10 Å². The Balaban J connectivity index is 1.71. The standard InChI is InChI=1S/C10H16O5/c11-9(12)4-2-7-1-3-8(15-7)10-13-5-6-14-10/h7-8,10H,1-6H2,(H,11,12)/t7-,8+/m0/s1. The van der Waals surface area contributed by atoms with Crippen LogP contribution in [0.5, 0.6) is 0 Å². The van der Waals surface area contributed by atoms with E-state index in [2.05, 4.69) is 0 Å². The fourth-order valence-corrected chi connectivity index (χ4v) is 2.02. The molecule has 2 atom stereocenters. The zero-order valence-electron chi connectivity index (χ0n) is 8.55. The van der Waals surface area contributed by atoms with Crippen LogP contribution in [0.15, 0.2) is 0 Å². The van der Waals surface area contributed by atoms with Crippen molar-refractivity contribution < 1.29 is 24.1 Å². The minimum atomic E-state index is -0.768. The third kappa shape index (κ3) is 2.90. The third-order valence-corrected chi connectivity index (χ3v) is 2.77. The van der Waals surface area contributed by atoms with Crippen LogP contribution in [0.25, 0.3) is 0 Å². The molecule has 86 valence electrons. The van der Waals surface area contributed by atoms with Crippen LogP contribution in [0.4, 0.5) is 0 Å². The van der Waals surface area contributed by atoms with Gasteiger partial charge in [0.15, 0.2) is 6.29 Å². The summed E-state index contributed by atoms with van der Waals surface area (Å²) >= 11 is 0. The maximum Gasteiger partial charge on any atom is 0.303 e. The predicted octanol–water partition coefficient (Wildman–Crippen LogP) is 0.772. The summed E-state index contributed by atoms with van der Waals surface area (Å²) < 4.78 is 16.4. The monoisotopic (exact) mass is 216 g/mol. The van der Waals surface area contributed by atoms with Gasteiger partial charge in [-0.05, 0) is 19.3 Å². The van der Waals surface area contributed by atoms with Crippen LogP contribution in [0, 0.1) is 0 Å². The number of ether oxygens (including phenoxy) is 3. The number of aliphatic carboxylic acids is 1. The summed E-state index contributed by atoms with van der Waals surface area (Å²) in [5, 5.41) is 8.55. The van der Waals surface area contributed by atoms with Gasteiger partial charge < -0.3 is 19.3 Å². The number of carboxylic acid groups (broad SMARTS) is 1. The molecule has 0 aromatic heterocycles. The van der Waals surface area contributed by atoms with Gasteiger partial charge in [-0.15, -0.1) is 0 Å². The largest absolute Gasteiger partial charge is 0.481 e. The van der Waals surface area contributed by atoms with Crippen LogP contribution in [0.3, 0.4) is 0 Å². The lowest BCUT2D eigenvalue weighted by Crippen LogP contribution is -2.27. The van der Waals surface area contributed by atoms with Crippen LogP contribution in [0.2, 0.25) is 0 Å². The molecule has 0 aromatic carbocycles. The van der Waals surface area contributed by atoms with E-state index >= 15 is 0 Å². The molecule has 5 heteroatoms. The van der Waals surface area contributed by atoms with Crippen molar-refractivity contribution in [2.75, 3.05) is 13.2 Å². The summed E-state index contributed by atoms with van der Waals surface area (Å²) in [6.07, 6.45) is 2.36. The molecule has 2 aliphatic heterocycles. The van der Waals surface area contributed by atoms with Gasteiger partial charge in [0.05, 0.1) is 19.3 Å². The number of rotatable bonds is 4. The maximum absolute atomic E-state index is 10.4. The third-order valence-electron chi connectivity index (χ3n) is 2.77. The molecule has 0 aliphatic carbocycles. The van der Waals surface area contributed by atoms with E-state index in [1.807, 2.05) is 0 Å². The number of carbonyl (C=O) groups is 1. The van der Waals surface area contributed by atoms with Crippen molar-refractivity contribution in [3.8, 4) is 0 Å². The van der Waals surface area contributed by atoms with Gasteiger partial charge in [-0.3, -0.25) is 4.79 Å². The minimum Gasteiger partial charge on any atom is -0.481 e. The molecular formula is C10H16O5. The van der Waals surface area contributed by atoms with Crippen LogP contribution in [-0.2, 0) is 19.0 Å². The predicted molar refractivity (Wildman–Crippen MR) is 50.5 cm³/mol. The molecule has 5 nitrogen and oxygen atoms in total. The normalized spacial score (nSPS) is 32.3. The van der Waals surface area contributed by atoms with Gasteiger partial charge in [0.25, 0.3) is 0 Å². The molecule has 0 unspecified atom stereocenters. The highest BCUT2D eigenvalue weighted by Crippen LogP contribution is 2.28. The second-order valence-electron chi connectivity index (χ2n) is 3.92. The summed E-state index contributed by atoms with van der Waals surface area (Å²) in [6.45, 7) is 1.26. The molecule has 0 bridgehead atoms. The lowest BCUT2D eigenvalue weighted by Gasteiger charge is -2.17. The quantitative estimate of drug-likeness (QED) is 0.752. The first-order valence-corrected chi connectivity index (χ1v) is 5.36. The highest BCUT2D eigenvalue weighted by molar-refractivity contribution is 5.66. The Morgan fingerprint density at radius 3 is 2.67 bits per heavy atom. The summed E-state index contributed by atoms with van der Waals surface area (Å²) in [5.74, 6) is -0.768. The molecule has 2 saturated heterocycles. The maximum atomic E-state index is 10.4. The molecule has 2 fully saturated rings. The Hall–Kier alpha value is -0.650. The summed E-state index contributed by atoms with van der Waals surface area (Å²) in [6, 6.07) is 0. The van der Waals surface area contributed by atoms with Crippen molar-refractivity contribution in [2.24, 2.45) is 0 Å². The second kappa shape index (κ2) is 4.92. The van der Waals surface area contributed by atoms with E-state index in [0.29, 0.717) is 19.6 Å². The number of carboxylic acids is 1. The molecular weight excluding hydrogens is 200 g/mol. The van der Waals surface area contributed by atoms with E-state index in [9.17, 15) is 4.79 Å². The topological polar surface area (TPSA) is 65.0 Å². The molecule has 0 saturated carbocycles. The molecule has 15 heavy (non-hydrogen) atoms. The first kappa shape index (κ1) is 10.9. The zero-order chi connectivity index (χ0) is 10.7. The second-order valence-corrected chi connectivity index (χ2v) is 3.92. The van der Waals surface area contributed by atoms with E-state index in [4.69, 9.17) is 19.3 Å². The molecule has 0 spiro atoms. The Morgan fingerprint density at radius 1 is 1.27 bits per heavy atom. The fourth-order valence-electron chi connectivity index (χ4n) is 2.02. The molecule has 2 rings (SSSR count). The minimum absolute atomic E-state index is 0.00806. The van der Waals surface area contributed by atoms with Crippen molar-refractivity contribution >= 4 is 5.97 Å². The lowest BCUT2D eigenvalue weighted by atomic mass is 10.1. The molecule has 0 radical (unpaired) electrons. The van der Waals surface area contributed by atoms with Gasteiger partial charge in [-0.1, -0.05) is 0 Å². The van der Waals surface area contributed by atoms with Crippen molar-refractivity contribution in [1.29, 1.82) is 0 Å². The number of hydrogen-bond donors (Lipinski definition) is 1. The van der Waals surface area contributed by atoms with Crippen LogP contribution in [-0.4, -0.2) is 42.8 Å². The van der Waals surface area contributed by atoms with Gasteiger partial charge in [0.2, 0.25) is 0 Å². The molecule has 1 N–H and O–H groups in total. The zero-order valence-corrected chi connectivity index (χ0v) is 8.55. The van der Waals surface area contributed by atoms with E-state index in [1.54, 1.807) is 0 Å². The Labute approximate surface area is 88.3 Å². The molecule has 0 aromatic rings. The van der Waals surface area contributed by atoms with Crippen molar-refractivity contribution in [2.45, 2.75) is 44.2 Å². The summed E-state index contributed by atoms with van der Waals surface area (Å²) in [7, 11) is 0. The Morgan fingerprint density at radius 2 is 2.00 bits per heavy atom. The van der Waals surface area contributed by atoms with E-state index in [0.717, 1.165) is 12.8 Å². The van der Waals surface area contributed by atoms with Crippen molar-refractivity contribution in [3.63, 3.8) is 0 Å². The molecule has 2 aliphatic rings. The molecule has 0 amide bonds. The highest BCUT2D eigenvalue weighted by atomic mass is 16.7. The van der Waals surface area contributed by atoms with E-state index < -0.39 is 5.97 Å².